The molecule has 0 saturated carbocycles. The molecule has 2 aliphatic rings. The Hall–Kier alpha value is -0.900. The Labute approximate surface area is 128 Å². The van der Waals surface area contributed by atoms with Crippen LogP contribution in [0.1, 0.15) is 50.3 Å². The molecule has 21 heavy (non-hydrogen) atoms. The molecule has 1 aliphatic carbocycles. The van der Waals surface area contributed by atoms with Crippen LogP contribution in [0.25, 0.3) is 0 Å². The first kappa shape index (κ1) is 15.0. The SMILES string of the molecule is CNC1c2ccccc2C(C)CC1N1CCOCC1(C)C. The number of nitrogens with zero attached hydrogens (tertiary/aromatic N) is 1. The fourth-order valence-electron chi connectivity index (χ4n) is 4.22. The molecule has 0 amide bonds. The third-order valence-electron chi connectivity index (χ3n) is 5.26. The lowest BCUT2D eigenvalue weighted by atomic mass is 9.76. The van der Waals surface area contributed by atoms with Crippen LogP contribution in [0, 0.1) is 0 Å². The summed E-state index contributed by atoms with van der Waals surface area (Å²) in [6.07, 6.45) is 1.21. The van der Waals surface area contributed by atoms with Crippen molar-refractivity contribution in [1.82, 2.24) is 10.2 Å². The summed E-state index contributed by atoms with van der Waals surface area (Å²) in [7, 11) is 2.10. The normalized spacial score (nSPS) is 32.7. The number of fused-ring (bicyclic) bond motifs is 1. The summed E-state index contributed by atoms with van der Waals surface area (Å²) in [4.78, 5) is 2.67. The molecule has 3 nitrogen and oxygen atoms in total. The van der Waals surface area contributed by atoms with Gasteiger partial charge in [0.1, 0.15) is 0 Å². The molecule has 0 aromatic heterocycles. The summed E-state index contributed by atoms with van der Waals surface area (Å²) in [5, 5.41) is 3.58. The van der Waals surface area contributed by atoms with E-state index >= 15 is 0 Å². The van der Waals surface area contributed by atoms with E-state index in [0.29, 0.717) is 18.0 Å². The van der Waals surface area contributed by atoms with Gasteiger partial charge in [-0.15, -0.1) is 0 Å². The predicted molar refractivity (Wildman–Crippen MR) is 86.7 cm³/mol. The van der Waals surface area contributed by atoms with Gasteiger partial charge in [0.2, 0.25) is 0 Å². The van der Waals surface area contributed by atoms with E-state index in [-0.39, 0.29) is 5.54 Å². The van der Waals surface area contributed by atoms with Crippen LogP contribution in [0.2, 0.25) is 0 Å². The number of rotatable bonds is 2. The molecule has 1 N–H and O–H groups in total. The van der Waals surface area contributed by atoms with Gasteiger partial charge in [0, 0.05) is 24.2 Å². The van der Waals surface area contributed by atoms with Crippen LogP contribution in [0.4, 0.5) is 0 Å². The highest BCUT2D eigenvalue weighted by atomic mass is 16.5. The maximum atomic E-state index is 5.71. The Kier molecular flexibility index (Phi) is 4.08. The summed E-state index contributed by atoms with van der Waals surface area (Å²) >= 11 is 0. The highest BCUT2D eigenvalue weighted by Crippen LogP contribution is 2.41. The van der Waals surface area contributed by atoms with Crippen molar-refractivity contribution in [3.05, 3.63) is 35.4 Å². The molecular weight excluding hydrogens is 260 g/mol. The van der Waals surface area contributed by atoms with Crippen LogP contribution in [-0.4, -0.2) is 43.3 Å². The highest BCUT2D eigenvalue weighted by Gasteiger charge is 2.42. The molecule has 1 fully saturated rings. The standard InChI is InChI=1S/C18H28N2O/c1-13-11-16(20-9-10-21-12-18(20,2)3)17(19-4)15-8-6-5-7-14(13)15/h5-8,13,16-17,19H,9-12H2,1-4H3. The first-order chi connectivity index (χ1) is 10.0. The molecule has 3 rings (SSSR count). The second-order valence-electron chi connectivity index (χ2n) is 7.16. The molecular formula is C18H28N2O. The fraction of sp³-hybridized carbons (Fsp3) is 0.667. The molecule has 0 spiro atoms. The average molecular weight is 288 g/mol. The van der Waals surface area contributed by atoms with Crippen LogP contribution in [0.3, 0.4) is 0 Å². The largest absolute Gasteiger partial charge is 0.378 e. The van der Waals surface area contributed by atoms with Gasteiger partial charge in [-0.2, -0.15) is 0 Å². The van der Waals surface area contributed by atoms with Crippen molar-refractivity contribution in [3.8, 4) is 0 Å². The molecule has 3 unspecified atom stereocenters. The highest BCUT2D eigenvalue weighted by molar-refractivity contribution is 5.37. The number of hydrogen-bond donors (Lipinski definition) is 1. The molecule has 1 aliphatic heterocycles. The van der Waals surface area contributed by atoms with E-state index in [1.54, 1.807) is 0 Å². The van der Waals surface area contributed by atoms with Crippen molar-refractivity contribution < 1.29 is 4.74 Å². The summed E-state index contributed by atoms with van der Waals surface area (Å²) in [5.41, 5.74) is 3.11. The van der Waals surface area contributed by atoms with E-state index in [1.165, 1.54) is 17.5 Å². The zero-order valence-corrected chi connectivity index (χ0v) is 13.7. The van der Waals surface area contributed by atoms with Gasteiger partial charge in [-0.25, -0.2) is 0 Å². The lowest BCUT2D eigenvalue weighted by molar-refractivity contribution is -0.0825. The molecule has 1 aromatic carbocycles. The maximum absolute atomic E-state index is 5.71. The summed E-state index contributed by atoms with van der Waals surface area (Å²) in [6, 6.07) is 9.88. The van der Waals surface area contributed by atoms with E-state index in [1.807, 2.05) is 0 Å². The third-order valence-corrected chi connectivity index (χ3v) is 5.26. The number of likely N-dealkylation sites (N-methyl/N-ethyl adjacent to an activating group) is 1. The first-order valence-electron chi connectivity index (χ1n) is 8.15. The molecule has 1 aromatic rings. The maximum Gasteiger partial charge on any atom is 0.0645 e. The van der Waals surface area contributed by atoms with Crippen molar-refractivity contribution in [1.29, 1.82) is 0 Å². The fourth-order valence-corrected chi connectivity index (χ4v) is 4.22. The van der Waals surface area contributed by atoms with Gasteiger partial charge in [-0.1, -0.05) is 31.2 Å². The van der Waals surface area contributed by atoms with E-state index < -0.39 is 0 Å². The van der Waals surface area contributed by atoms with Crippen LogP contribution < -0.4 is 5.32 Å². The Bertz CT molecular complexity index is 500. The molecule has 0 radical (unpaired) electrons. The van der Waals surface area contributed by atoms with Crippen molar-refractivity contribution >= 4 is 0 Å². The van der Waals surface area contributed by atoms with Crippen molar-refractivity contribution in [2.24, 2.45) is 0 Å². The average Bonchev–Trinajstić information content (AvgIpc) is 2.47. The second kappa shape index (κ2) is 5.71. The van der Waals surface area contributed by atoms with Gasteiger partial charge < -0.3 is 10.1 Å². The van der Waals surface area contributed by atoms with Gasteiger partial charge in [-0.05, 0) is 44.4 Å². The third kappa shape index (κ3) is 2.63. The summed E-state index contributed by atoms with van der Waals surface area (Å²) in [5.74, 6) is 0.620. The Morgan fingerprint density at radius 1 is 1.24 bits per heavy atom. The van der Waals surface area contributed by atoms with Gasteiger partial charge in [0.05, 0.1) is 13.2 Å². The molecule has 3 heteroatoms. The molecule has 1 saturated heterocycles. The van der Waals surface area contributed by atoms with E-state index in [4.69, 9.17) is 4.74 Å². The Morgan fingerprint density at radius 3 is 2.62 bits per heavy atom. The molecule has 3 atom stereocenters. The van der Waals surface area contributed by atoms with E-state index in [2.05, 4.69) is 62.3 Å². The first-order valence-corrected chi connectivity index (χ1v) is 8.15. The van der Waals surface area contributed by atoms with Crippen molar-refractivity contribution in [3.63, 3.8) is 0 Å². The minimum absolute atomic E-state index is 0.115. The minimum Gasteiger partial charge on any atom is -0.378 e. The predicted octanol–water partition coefficient (Wildman–Crippen LogP) is 2.93. The Morgan fingerprint density at radius 2 is 1.95 bits per heavy atom. The van der Waals surface area contributed by atoms with Crippen LogP contribution >= 0.6 is 0 Å². The number of nitrogens with one attached hydrogen (secondary N) is 1. The smallest absolute Gasteiger partial charge is 0.0645 e. The van der Waals surface area contributed by atoms with Crippen molar-refractivity contribution in [2.75, 3.05) is 26.8 Å². The zero-order chi connectivity index (χ0) is 15.0. The monoisotopic (exact) mass is 288 g/mol. The number of hydrogen-bond acceptors (Lipinski definition) is 3. The topological polar surface area (TPSA) is 24.5 Å². The zero-order valence-electron chi connectivity index (χ0n) is 13.7. The van der Waals surface area contributed by atoms with Gasteiger partial charge >= 0.3 is 0 Å². The van der Waals surface area contributed by atoms with Gasteiger partial charge in [0.25, 0.3) is 0 Å². The number of morpholine rings is 1. The number of benzene rings is 1. The molecule has 116 valence electrons. The summed E-state index contributed by atoms with van der Waals surface area (Å²) in [6.45, 7) is 9.70. The lowest BCUT2D eigenvalue weighted by Gasteiger charge is -2.51. The minimum atomic E-state index is 0.115. The van der Waals surface area contributed by atoms with Gasteiger partial charge in [0.15, 0.2) is 0 Å². The molecule has 1 heterocycles. The van der Waals surface area contributed by atoms with E-state index in [0.717, 1.165) is 19.8 Å². The van der Waals surface area contributed by atoms with E-state index in [9.17, 15) is 0 Å². The summed E-state index contributed by atoms with van der Waals surface area (Å²) < 4.78 is 5.71. The van der Waals surface area contributed by atoms with Gasteiger partial charge in [-0.3, -0.25) is 4.90 Å². The second-order valence-corrected chi connectivity index (χ2v) is 7.16. The van der Waals surface area contributed by atoms with Crippen LogP contribution in [-0.2, 0) is 4.74 Å². The quantitative estimate of drug-likeness (QED) is 0.905. The van der Waals surface area contributed by atoms with Crippen LogP contribution in [0.5, 0.6) is 0 Å². The number of ether oxygens (including phenoxy) is 1. The van der Waals surface area contributed by atoms with Crippen LogP contribution in [0.15, 0.2) is 24.3 Å². The Balaban J connectivity index is 1.96. The van der Waals surface area contributed by atoms with Crippen molar-refractivity contribution in [2.45, 2.75) is 50.7 Å². The lowest BCUT2D eigenvalue weighted by Crippen LogP contribution is -2.60. The molecule has 0 bridgehead atoms.